The lowest BCUT2D eigenvalue weighted by Gasteiger charge is -2.28. The lowest BCUT2D eigenvalue weighted by Crippen LogP contribution is -2.45. The van der Waals surface area contributed by atoms with E-state index < -0.39 is 29.5 Å². The van der Waals surface area contributed by atoms with Gasteiger partial charge in [0.2, 0.25) is 5.91 Å². The van der Waals surface area contributed by atoms with E-state index in [1.165, 1.54) is 23.8 Å². The summed E-state index contributed by atoms with van der Waals surface area (Å²) in [6, 6.07) is 4.02. The number of likely N-dealkylation sites (tertiary alicyclic amines) is 1. The Morgan fingerprint density at radius 2 is 2.03 bits per heavy atom. The molecule has 1 heterocycles. The van der Waals surface area contributed by atoms with Crippen molar-refractivity contribution in [2.24, 2.45) is 5.92 Å². The van der Waals surface area contributed by atoms with Gasteiger partial charge in [-0.3, -0.25) is 9.69 Å². The second-order valence-electron chi connectivity index (χ2n) is 9.44. The summed E-state index contributed by atoms with van der Waals surface area (Å²) in [5, 5.41) is 2.68. The number of benzene rings is 1. The molecule has 2 aliphatic rings. The largest absolute Gasteiger partial charge is 0.444 e. The van der Waals surface area contributed by atoms with E-state index >= 15 is 0 Å². The van der Waals surface area contributed by atoms with E-state index in [1.54, 1.807) is 40.0 Å². The molecule has 0 radical (unpaired) electrons. The van der Waals surface area contributed by atoms with Crippen molar-refractivity contribution >= 4 is 33.6 Å². The van der Waals surface area contributed by atoms with Crippen molar-refractivity contribution in [3.05, 3.63) is 29.6 Å². The van der Waals surface area contributed by atoms with Crippen LogP contribution in [0.15, 0.2) is 18.2 Å². The van der Waals surface area contributed by atoms with Crippen LogP contribution in [0.2, 0.25) is 0 Å². The molecule has 172 valence electrons. The zero-order valence-corrected chi connectivity index (χ0v) is 20.2. The predicted molar refractivity (Wildman–Crippen MR) is 121 cm³/mol. The quantitative estimate of drug-likeness (QED) is 0.543. The highest BCUT2D eigenvalue weighted by Gasteiger charge is 2.42. The minimum absolute atomic E-state index is 0.130. The highest BCUT2D eigenvalue weighted by Crippen LogP contribution is 2.38. The fraction of sp³-hybridized carbons (Fsp3) is 0.652. The van der Waals surface area contributed by atoms with Crippen LogP contribution in [0.1, 0.15) is 52.0 Å². The maximum Gasteiger partial charge on any atom is 0.411 e. The van der Waals surface area contributed by atoms with Gasteiger partial charge in [0.05, 0.1) is 18.3 Å². The Balaban J connectivity index is 1.68. The molecule has 0 unspecified atom stereocenters. The Kier molecular flexibility index (Phi) is 7.63. The summed E-state index contributed by atoms with van der Waals surface area (Å²) < 4.78 is 25.2. The second kappa shape index (κ2) is 9.86. The number of hydrogen-bond acceptors (Lipinski definition) is 4. The van der Waals surface area contributed by atoms with Gasteiger partial charge in [-0.1, -0.05) is 22.0 Å². The third kappa shape index (κ3) is 6.65. The minimum Gasteiger partial charge on any atom is -0.444 e. The Morgan fingerprint density at radius 1 is 1.32 bits per heavy atom. The average molecular weight is 499 g/mol. The number of rotatable bonds is 7. The molecule has 0 bridgehead atoms. The van der Waals surface area contributed by atoms with E-state index in [-0.39, 0.29) is 18.3 Å². The molecule has 1 N–H and O–H groups in total. The number of alkyl halides is 1. The summed E-state index contributed by atoms with van der Waals surface area (Å²) >= 11 is 3.73. The molecule has 2 amide bonds. The predicted octanol–water partition coefficient (Wildman–Crippen LogP) is 4.89. The summed E-state index contributed by atoms with van der Waals surface area (Å²) in [5.74, 6) is -0.202. The standard InChI is InChI=1S/C23H32BrFN2O4/c1-23(2,3)31-22(29)27-13-16(30-4)12-20(27)21(28)26-19-11-14(6-10-18(19)25)5-9-17(24)15-7-8-15/h6,10-11,15-17,20H,5,7-9,12-13H2,1-4H3,(H,26,28)/t16-,17-,20-/m1/s1. The van der Waals surface area contributed by atoms with Crippen LogP contribution in [0.5, 0.6) is 0 Å². The number of ether oxygens (including phenoxy) is 2. The van der Waals surface area contributed by atoms with Gasteiger partial charge >= 0.3 is 6.09 Å². The molecule has 31 heavy (non-hydrogen) atoms. The van der Waals surface area contributed by atoms with Gasteiger partial charge in [-0.15, -0.1) is 0 Å². The number of carbonyl (C=O) groups is 2. The lowest BCUT2D eigenvalue weighted by molar-refractivity contribution is -0.120. The summed E-state index contributed by atoms with van der Waals surface area (Å²) in [4.78, 5) is 27.4. The number of amides is 2. The van der Waals surface area contributed by atoms with Crippen LogP contribution in [-0.4, -0.2) is 53.1 Å². The van der Waals surface area contributed by atoms with E-state index in [1.807, 2.05) is 0 Å². The van der Waals surface area contributed by atoms with Crippen LogP contribution in [0.3, 0.4) is 0 Å². The first-order chi connectivity index (χ1) is 14.6. The molecule has 3 rings (SSSR count). The van der Waals surface area contributed by atoms with Crippen molar-refractivity contribution in [1.29, 1.82) is 0 Å². The molecule has 1 aliphatic heterocycles. The number of nitrogens with one attached hydrogen (secondary N) is 1. The molecule has 1 saturated carbocycles. The monoisotopic (exact) mass is 498 g/mol. The summed E-state index contributed by atoms with van der Waals surface area (Å²) in [7, 11) is 1.54. The van der Waals surface area contributed by atoms with Crippen molar-refractivity contribution in [2.75, 3.05) is 19.0 Å². The van der Waals surface area contributed by atoms with Gasteiger partial charge in [0.25, 0.3) is 0 Å². The Hall–Kier alpha value is -1.67. The molecule has 1 saturated heterocycles. The van der Waals surface area contributed by atoms with E-state index in [4.69, 9.17) is 9.47 Å². The Bertz CT molecular complexity index is 809. The lowest BCUT2D eigenvalue weighted by atomic mass is 10.1. The van der Waals surface area contributed by atoms with Crippen LogP contribution >= 0.6 is 15.9 Å². The van der Waals surface area contributed by atoms with Crippen molar-refractivity contribution < 1.29 is 23.5 Å². The molecule has 0 spiro atoms. The van der Waals surface area contributed by atoms with Gasteiger partial charge in [0.15, 0.2) is 0 Å². The van der Waals surface area contributed by atoms with Crippen molar-refractivity contribution in [2.45, 2.75) is 75.4 Å². The number of methoxy groups -OCH3 is 1. The smallest absolute Gasteiger partial charge is 0.411 e. The number of carbonyl (C=O) groups excluding carboxylic acids is 2. The summed E-state index contributed by atoms with van der Waals surface area (Å²) in [6.45, 7) is 5.56. The van der Waals surface area contributed by atoms with Gasteiger partial charge in [-0.25, -0.2) is 9.18 Å². The fourth-order valence-corrected chi connectivity index (χ4v) is 4.53. The first-order valence-corrected chi connectivity index (χ1v) is 11.7. The van der Waals surface area contributed by atoms with Gasteiger partial charge in [-0.05, 0) is 70.1 Å². The van der Waals surface area contributed by atoms with Crippen molar-refractivity contribution in [3.63, 3.8) is 0 Å². The molecule has 1 aromatic carbocycles. The molecular weight excluding hydrogens is 467 g/mol. The Labute approximate surface area is 192 Å². The number of aryl methyl sites for hydroxylation is 1. The van der Waals surface area contributed by atoms with Crippen molar-refractivity contribution in [3.8, 4) is 0 Å². The van der Waals surface area contributed by atoms with E-state index in [2.05, 4.69) is 21.2 Å². The molecule has 1 aliphatic carbocycles. The van der Waals surface area contributed by atoms with E-state index in [0.717, 1.165) is 24.3 Å². The molecule has 6 nitrogen and oxygen atoms in total. The second-order valence-corrected chi connectivity index (χ2v) is 10.6. The molecule has 0 aromatic heterocycles. The molecule has 1 aromatic rings. The van der Waals surface area contributed by atoms with Crippen LogP contribution in [0.4, 0.5) is 14.9 Å². The van der Waals surface area contributed by atoms with Crippen molar-refractivity contribution in [1.82, 2.24) is 4.90 Å². The van der Waals surface area contributed by atoms with Crippen LogP contribution < -0.4 is 5.32 Å². The minimum atomic E-state index is -0.787. The number of anilines is 1. The first kappa shape index (κ1) is 24.0. The molecule has 8 heteroatoms. The average Bonchev–Trinajstić information content (AvgIpc) is 3.45. The maximum absolute atomic E-state index is 14.4. The van der Waals surface area contributed by atoms with Crippen LogP contribution in [0.25, 0.3) is 0 Å². The number of halogens is 2. The molecular formula is C23H32BrFN2O4. The summed E-state index contributed by atoms with van der Waals surface area (Å²) in [6.07, 6.45) is 3.76. The zero-order valence-electron chi connectivity index (χ0n) is 18.6. The van der Waals surface area contributed by atoms with Gasteiger partial charge in [-0.2, -0.15) is 0 Å². The number of hydrogen-bond donors (Lipinski definition) is 1. The normalized spacial score (nSPS) is 22.3. The molecule has 3 atom stereocenters. The number of nitrogens with zero attached hydrogens (tertiary/aromatic N) is 1. The topological polar surface area (TPSA) is 67.9 Å². The third-order valence-electron chi connectivity index (χ3n) is 5.66. The van der Waals surface area contributed by atoms with Crippen LogP contribution in [0, 0.1) is 11.7 Å². The Morgan fingerprint density at radius 3 is 2.65 bits per heavy atom. The maximum atomic E-state index is 14.4. The SMILES string of the molecule is CO[C@@H]1C[C@H](C(=O)Nc2cc(CC[C@@H](Br)C3CC3)ccc2F)N(C(=O)OC(C)(C)C)C1. The first-order valence-electron chi connectivity index (χ1n) is 10.8. The fourth-order valence-electron chi connectivity index (χ4n) is 3.78. The molecule has 2 fully saturated rings. The summed E-state index contributed by atoms with van der Waals surface area (Å²) in [5.41, 5.74) is 0.411. The highest BCUT2D eigenvalue weighted by atomic mass is 79.9. The third-order valence-corrected chi connectivity index (χ3v) is 6.86. The van der Waals surface area contributed by atoms with Gasteiger partial charge in [0.1, 0.15) is 17.5 Å². The zero-order chi connectivity index (χ0) is 22.8. The van der Waals surface area contributed by atoms with Gasteiger partial charge in [0, 0.05) is 18.4 Å². The van der Waals surface area contributed by atoms with Crippen LogP contribution in [-0.2, 0) is 20.7 Å². The van der Waals surface area contributed by atoms with Gasteiger partial charge < -0.3 is 14.8 Å². The van der Waals surface area contributed by atoms with E-state index in [0.29, 0.717) is 11.2 Å². The highest BCUT2D eigenvalue weighted by molar-refractivity contribution is 9.09. The van der Waals surface area contributed by atoms with E-state index in [9.17, 15) is 14.0 Å².